The van der Waals surface area contributed by atoms with Crippen LogP contribution in [0.1, 0.15) is 24.2 Å². The van der Waals surface area contributed by atoms with Crippen LogP contribution in [0.25, 0.3) is 0 Å². The van der Waals surface area contributed by atoms with Crippen LogP contribution in [-0.2, 0) is 4.79 Å². The summed E-state index contributed by atoms with van der Waals surface area (Å²) < 4.78 is 10.1. The summed E-state index contributed by atoms with van der Waals surface area (Å²) in [7, 11) is 2.82. The van der Waals surface area contributed by atoms with Gasteiger partial charge in [0.05, 0.1) is 31.5 Å². The predicted octanol–water partition coefficient (Wildman–Crippen LogP) is 1.32. The molecule has 0 saturated heterocycles. The van der Waals surface area contributed by atoms with Crippen LogP contribution in [0.5, 0.6) is 11.5 Å². The van der Waals surface area contributed by atoms with Crippen molar-refractivity contribution < 1.29 is 24.2 Å². The van der Waals surface area contributed by atoms with Gasteiger partial charge in [0.2, 0.25) is 5.91 Å². The number of anilines is 1. The van der Waals surface area contributed by atoms with Crippen molar-refractivity contribution in [1.29, 1.82) is 0 Å². The number of carbonyl (C=O) groups excluding carboxylic acids is 1. The Labute approximate surface area is 123 Å². The molecule has 0 aromatic heterocycles. The third-order valence-corrected chi connectivity index (χ3v) is 3.03. The largest absolute Gasteiger partial charge is 0.493 e. The molecule has 116 valence electrons. The van der Waals surface area contributed by atoms with Crippen LogP contribution >= 0.6 is 0 Å². The molecule has 0 bridgehead atoms. The molecule has 1 amide bonds. The van der Waals surface area contributed by atoms with Gasteiger partial charge in [-0.2, -0.15) is 0 Å². The maximum atomic E-state index is 12.0. The Kier molecular flexibility index (Phi) is 5.54. The normalized spacial score (nSPS) is 11.9. The van der Waals surface area contributed by atoms with E-state index in [1.54, 1.807) is 13.8 Å². The first-order valence-electron chi connectivity index (χ1n) is 6.37. The molecule has 0 aliphatic heterocycles. The summed E-state index contributed by atoms with van der Waals surface area (Å²) in [5.74, 6) is -1.14. The van der Waals surface area contributed by atoms with Crippen molar-refractivity contribution in [3.05, 3.63) is 17.7 Å². The van der Waals surface area contributed by atoms with Crippen LogP contribution in [0.15, 0.2) is 12.1 Å². The summed E-state index contributed by atoms with van der Waals surface area (Å²) in [6.07, 6.45) is 0. The Morgan fingerprint density at radius 1 is 1.19 bits per heavy atom. The van der Waals surface area contributed by atoms with Crippen LogP contribution in [-0.4, -0.2) is 37.2 Å². The predicted molar refractivity (Wildman–Crippen MR) is 77.9 cm³/mol. The van der Waals surface area contributed by atoms with E-state index < -0.39 is 17.9 Å². The van der Waals surface area contributed by atoms with Crippen LogP contribution < -0.4 is 20.5 Å². The molecule has 4 N–H and O–H groups in total. The number of nitrogens with one attached hydrogen (secondary N) is 1. The number of methoxy groups -OCH3 is 2. The minimum Gasteiger partial charge on any atom is -0.493 e. The molecular weight excluding hydrogens is 276 g/mol. The van der Waals surface area contributed by atoms with Crippen LogP contribution in [0.4, 0.5) is 5.69 Å². The number of aromatic carboxylic acids is 1. The fraction of sp³-hybridized carbons (Fsp3) is 0.429. The Morgan fingerprint density at radius 3 is 2.14 bits per heavy atom. The van der Waals surface area contributed by atoms with Gasteiger partial charge < -0.3 is 25.6 Å². The van der Waals surface area contributed by atoms with Crippen LogP contribution in [0, 0.1) is 5.92 Å². The zero-order valence-electron chi connectivity index (χ0n) is 12.5. The monoisotopic (exact) mass is 296 g/mol. The molecular formula is C14H20N2O5. The summed E-state index contributed by atoms with van der Waals surface area (Å²) in [4.78, 5) is 23.3. The van der Waals surface area contributed by atoms with E-state index in [4.69, 9.17) is 15.2 Å². The van der Waals surface area contributed by atoms with E-state index >= 15 is 0 Å². The van der Waals surface area contributed by atoms with E-state index in [1.165, 1.54) is 26.4 Å². The molecule has 0 spiro atoms. The molecule has 1 atom stereocenters. The zero-order chi connectivity index (χ0) is 16.2. The van der Waals surface area contributed by atoms with Gasteiger partial charge in [0.1, 0.15) is 0 Å². The lowest BCUT2D eigenvalue weighted by atomic mass is 10.0. The Hall–Kier alpha value is -2.28. The number of carbonyl (C=O) groups is 2. The second kappa shape index (κ2) is 6.94. The highest BCUT2D eigenvalue weighted by Crippen LogP contribution is 2.33. The molecule has 0 aliphatic rings. The number of ether oxygens (including phenoxy) is 2. The van der Waals surface area contributed by atoms with Gasteiger partial charge in [-0.05, 0) is 5.92 Å². The first-order chi connectivity index (χ1) is 9.81. The number of benzene rings is 1. The van der Waals surface area contributed by atoms with Gasteiger partial charge in [-0.25, -0.2) is 4.79 Å². The van der Waals surface area contributed by atoms with Crippen LogP contribution in [0.2, 0.25) is 0 Å². The smallest absolute Gasteiger partial charge is 0.337 e. The van der Waals surface area contributed by atoms with Crippen molar-refractivity contribution in [2.75, 3.05) is 19.5 Å². The summed E-state index contributed by atoms with van der Waals surface area (Å²) in [6, 6.07) is 1.95. The van der Waals surface area contributed by atoms with Crippen molar-refractivity contribution in [3.8, 4) is 11.5 Å². The summed E-state index contributed by atoms with van der Waals surface area (Å²) in [5, 5.41) is 11.7. The molecule has 7 nitrogen and oxygen atoms in total. The van der Waals surface area contributed by atoms with Crippen molar-refractivity contribution in [1.82, 2.24) is 0 Å². The van der Waals surface area contributed by atoms with E-state index in [9.17, 15) is 14.7 Å². The average Bonchev–Trinajstić information content (AvgIpc) is 2.45. The lowest BCUT2D eigenvalue weighted by Gasteiger charge is -2.18. The van der Waals surface area contributed by atoms with Gasteiger partial charge >= 0.3 is 5.97 Å². The summed E-state index contributed by atoms with van der Waals surface area (Å²) >= 11 is 0. The SMILES string of the molecule is COc1cc(NC(=O)[C@H](N)C(C)C)c(C(=O)O)cc1OC. The second-order valence-corrected chi connectivity index (χ2v) is 4.82. The highest BCUT2D eigenvalue weighted by molar-refractivity contribution is 6.03. The zero-order valence-corrected chi connectivity index (χ0v) is 12.5. The standard InChI is InChI=1S/C14H20N2O5/c1-7(2)12(15)13(17)16-9-6-11(21-4)10(20-3)5-8(9)14(18)19/h5-7,12H,15H2,1-4H3,(H,16,17)(H,18,19)/t12-/m1/s1. The fourth-order valence-corrected chi connectivity index (χ4v) is 1.68. The number of carboxylic acids is 1. The van der Waals surface area contributed by atoms with Gasteiger partial charge in [0.25, 0.3) is 0 Å². The van der Waals surface area contributed by atoms with Crippen LogP contribution in [0.3, 0.4) is 0 Å². The summed E-state index contributed by atoms with van der Waals surface area (Å²) in [5.41, 5.74) is 5.76. The molecule has 21 heavy (non-hydrogen) atoms. The topological polar surface area (TPSA) is 111 Å². The second-order valence-electron chi connectivity index (χ2n) is 4.82. The maximum absolute atomic E-state index is 12.0. The first kappa shape index (κ1) is 16.8. The van der Waals surface area contributed by atoms with Gasteiger partial charge in [-0.15, -0.1) is 0 Å². The highest BCUT2D eigenvalue weighted by Gasteiger charge is 2.22. The number of hydrogen-bond donors (Lipinski definition) is 3. The quantitative estimate of drug-likeness (QED) is 0.730. The number of rotatable bonds is 6. The minimum absolute atomic E-state index is 0.0709. The molecule has 1 aromatic rings. The van der Waals surface area contributed by atoms with Crippen molar-refractivity contribution >= 4 is 17.6 Å². The maximum Gasteiger partial charge on any atom is 0.337 e. The number of carboxylic acid groups (broad SMARTS) is 1. The van der Waals surface area contributed by atoms with E-state index in [1.807, 2.05) is 0 Å². The molecule has 0 saturated carbocycles. The Bertz CT molecular complexity index is 542. The molecule has 0 aliphatic carbocycles. The third-order valence-electron chi connectivity index (χ3n) is 3.03. The average molecular weight is 296 g/mol. The lowest BCUT2D eigenvalue weighted by Crippen LogP contribution is -2.40. The molecule has 7 heteroatoms. The number of hydrogen-bond acceptors (Lipinski definition) is 5. The lowest BCUT2D eigenvalue weighted by molar-refractivity contribution is -0.118. The molecule has 0 radical (unpaired) electrons. The summed E-state index contributed by atoms with van der Waals surface area (Å²) in [6.45, 7) is 3.61. The van der Waals surface area contributed by atoms with Gasteiger partial charge in [-0.3, -0.25) is 4.79 Å². The van der Waals surface area contributed by atoms with Gasteiger partial charge in [-0.1, -0.05) is 13.8 Å². The van der Waals surface area contributed by atoms with E-state index in [-0.39, 0.29) is 22.9 Å². The molecule has 1 aromatic carbocycles. The van der Waals surface area contributed by atoms with E-state index in [0.717, 1.165) is 0 Å². The highest BCUT2D eigenvalue weighted by atomic mass is 16.5. The van der Waals surface area contributed by atoms with Crippen molar-refractivity contribution in [3.63, 3.8) is 0 Å². The Balaban J connectivity index is 3.21. The number of amides is 1. The van der Waals surface area contributed by atoms with Crippen molar-refractivity contribution in [2.24, 2.45) is 11.7 Å². The Morgan fingerprint density at radius 2 is 1.71 bits per heavy atom. The number of nitrogens with two attached hydrogens (primary N) is 1. The third kappa shape index (κ3) is 3.85. The first-order valence-corrected chi connectivity index (χ1v) is 6.37. The molecule has 1 rings (SSSR count). The van der Waals surface area contributed by atoms with E-state index in [0.29, 0.717) is 5.75 Å². The van der Waals surface area contributed by atoms with E-state index in [2.05, 4.69) is 5.32 Å². The molecule has 0 unspecified atom stereocenters. The molecule has 0 heterocycles. The fourth-order valence-electron chi connectivity index (χ4n) is 1.68. The minimum atomic E-state index is -1.19. The van der Waals surface area contributed by atoms with Gasteiger partial charge in [0, 0.05) is 12.1 Å². The van der Waals surface area contributed by atoms with Crippen molar-refractivity contribution in [2.45, 2.75) is 19.9 Å². The molecule has 0 fully saturated rings. The van der Waals surface area contributed by atoms with Gasteiger partial charge in [0.15, 0.2) is 11.5 Å².